The molecule has 1 heterocycles. The van der Waals surface area contributed by atoms with Crippen LogP contribution in [0.3, 0.4) is 0 Å². The smallest absolute Gasteiger partial charge is 0.321 e. The minimum Gasteiger partial charge on any atom is -0.480 e. The number of rotatable bonds is 1. The second-order valence-electron chi connectivity index (χ2n) is 4.00. The molecule has 0 radical (unpaired) electrons. The van der Waals surface area contributed by atoms with E-state index >= 15 is 0 Å². The van der Waals surface area contributed by atoms with Crippen molar-refractivity contribution in [3.05, 3.63) is 0 Å². The number of carboxylic acid groups (broad SMARTS) is 1. The third-order valence-electron chi connectivity index (χ3n) is 3.27. The summed E-state index contributed by atoms with van der Waals surface area (Å²) in [7, 11) is 1.78. The van der Waals surface area contributed by atoms with Crippen LogP contribution in [-0.2, 0) is 9.59 Å². The molecule has 1 saturated heterocycles. The van der Waals surface area contributed by atoms with E-state index in [2.05, 4.69) is 0 Å². The van der Waals surface area contributed by atoms with Crippen LogP contribution in [0.1, 0.15) is 12.8 Å². The lowest BCUT2D eigenvalue weighted by Gasteiger charge is -2.18. The Morgan fingerprint density at radius 2 is 2.31 bits per heavy atom. The predicted octanol–water partition coefficient (Wildman–Crippen LogP) is -0.0197. The number of carbonyl (C=O) groups is 2. The monoisotopic (exact) mass is 183 g/mol. The standard InChI is InChI=1S/C9H13NO3/c1-10-4-6-5(2-3-7(6)11)8(10)9(12)13/h5-6,8H,2-4H2,1H3,(H,12,13)/t5-,6-,8-/m0/s1. The fourth-order valence-electron chi connectivity index (χ4n) is 2.67. The van der Waals surface area contributed by atoms with Gasteiger partial charge in [-0.25, -0.2) is 0 Å². The molecule has 1 aliphatic heterocycles. The molecule has 0 spiro atoms. The number of ketones is 1. The van der Waals surface area contributed by atoms with Gasteiger partial charge in [-0.3, -0.25) is 14.5 Å². The largest absolute Gasteiger partial charge is 0.480 e. The summed E-state index contributed by atoms with van der Waals surface area (Å²) in [6.45, 7) is 0.625. The van der Waals surface area contributed by atoms with E-state index in [0.29, 0.717) is 13.0 Å². The zero-order valence-electron chi connectivity index (χ0n) is 7.56. The lowest BCUT2D eigenvalue weighted by atomic mass is 9.94. The molecular weight excluding hydrogens is 170 g/mol. The quantitative estimate of drug-likeness (QED) is 0.620. The minimum absolute atomic E-state index is 0.00824. The molecule has 4 heteroatoms. The summed E-state index contributed by atoms with van der Waals surface area (Å²) in [4.78, 5) is 24.0. The summed E-state index contributed by atoms with van der Waals surface area (Å²) >= 11 is 0. The van der Waals surface area contributed by atoms with Gasteiger partial charge in [0.1, 0.15) is 11.8 Å². The molecular formula is C9H13NO3. The summed E-state index contributed by atoms with van der Waals surface area (Å²) in [6.07, 6.45) is 1.33. The van der Waals surface area contributed by atoms with Crippen LogP contribution in [0.5, 0.6) is 0 Å². The van der Waals surface area contributed by atoms with E-state index in [9.17, 15) is 9.59 Å². The number of fused-ring (bicyclic) bond motifs is 1. The normalized spacial score (nSPS) is 39.5. The zero-order valence-corrected chi connectivity index (χ0v) is 7.56. The fourth-order valence-corrected chi connectivity index (χ4v) is 2.67. The molecule has 1 N–H and O–H groups in total. The number of likely N-dealkylation sites (tertiary alicyclic amines) is 1. The number of likely N-dealkylation sites (N-methyl/N-ethyl adjacent to an activating group) is 1. The van der Waals surface area contributed by atoms with Gasteiger partial charge >= 0.3 is 5.97 Å². The molecule has 1 aliphatic carbocycles. The maximum Gasteiger partial charge on any atom is 0.321 e. The Morgan fingerprint density at radius 3 is 2.92 bits per heavy atom. The number of Topliss-reactive ketones (excluding diaryl/α,β-unsaturated/α-hetero) is 1. The second kappa shape index (κ2) is 2.80. The molecule has 2 fully saturated rings. The highest BCUT2D eigenvalue weighted by Crippen LogP contribution is 2.39. The molecule has 13 heavy (non-hydrogen) atoms. The molecule has 0 aromatic heterocycles. The van der Waals surface area contributed by atoms with Crippen LogP contribution in [0, 0.1) is 11.8 Å². The van der Waals surface area contributed by atoms with Gasteiger partial charge < -0.3 is 5.11 Å². The highest BCUT2D eigenvalue weighted by molar-refractivity contribution is 5.86. The van der Waals surface area contributed by atoms with Gasteiger partial charge in [0.15, 0.2) is 0 Å². The maximum atomic E-state index is 11.3. The molecule has 4 nitrogen and oxygen atoms in total. The average Bonchev–Trinajstić information content (AvgIpc) is 2.51. The molecule has 0 unspecified atom stereocenters. The first-order valence-corrected chi connectivity index (χ1v) is 4.57. The fraction of sp³-hybridized carbons (Fsp3) is 0.778. The Morgan fingerprint density at radius 1 is 1.62 bits per heavy atom. The maximum absolute atomic E-state index is 11.3. The summed E-state index contributed by atoms with van der Waals surface area (Å²) in [5.41, 5.74) is 0. The number of carboxylic acids is 1. The Hall–Kier alpha value is -0.900. The Bertz CT molecular complexity index is 264. The van der Waals surface area contributed by atoms with Crippen molar-refractivity contribution in [3.63, 3.8) is 0 Å². The number of aliphatic carboxylic acids is 1. The highest BCUT2D eigenvalue weighted by Gasteiger charge is 2.49. The van der Waals surface area contributed by atoms with E-state index in [4.69, 9.17) is 5.11 Å². The van der Waals surface area contributed by atoms with Crippen LogP contribution < -0.4 is 0 Å². The lowest BCUT2D eigenvalue weighted by Crippen LogP contribution is -2.36. The topological polar surface area (TPSA) is 57.6 Å². The predicted molar refractivity (Wildman–Crippen MR) is 45.3 cm³/mol. The van der Waals surface area contributed by atoms with Gasteiger partial charge in [0.05, 0.1) is 0 Å². The van der Waals surface area contributed by atoms with E-state index in [1.165, 1.54) is 0 Å². The van der Waals surface area contributed by atoms with Crippen LogP contribution in [-0.4, -0.2) is 41.4 Å². The van der Waals surface area contributed by atoms with E-state index in [1.807, 2.05) is 0 Å². The van der Waals surface area contributed by atoms with Crippen molar-refractivity contribution in [1.29, 1.82) is 0 Å². The SMILES string of the molecule is CN1C[C@@H]2C(=O)CC[C@@H]2[C@H]1C(=O)O. The van der Waals surface area contributed by atoms with Crippen LogP contribution >= 0.6 is 0 Å². The summed E-state index contributed by atoms with van der Waals surface area (Å²) < 4.78 is 0. The summed E-state index contributed by atoms with van der Waals surface area (Å²) in [6, 6.07) is -0.434. The average molecular weight is 183 g/mol. The molecule has 1 saturated carbocycles. The van der Waals surface area contributed by atoms with Crippen molar-refractivity contribution in [3.8, 4) is 0 Å². The van der Waals surface area contributed by atoms with Crippen molar-refractivity contribution in [2.45, 2.75) is 18.9 Å². The van der Waals surface area contributed by atoms with Crippen molar-refractivity contribution in [2.24, 2.45) is 11.8 Å². The van der Waals surface area contributed by atoms with E-state index in [1.54, 1.807) is 11.9 Å². The summed E-state index contributed by atoms with van der Waals surface area (Å²) in [5, 5.41) is 8.96. The number of hydrogen-bond donors (Lipinski definition) is 1. The third kappa shape index (κ3) is 1.16. The van der Waals surface area contributed by atoms with Crippen molar-refractivity contribution >= 4 is 11.8 Å². The van der Waals surface area contributed by atoms with Crippen molar-refractivity contribution in [2.75, 3.05) is 13.6 Å². The first-order chi connectivity index (χ1) is 6.11. The molecule has 0 amide bonds. The molecule has 72 valence electrons. The molecule has 0 bridgehead atoms. The van der Waals surface area contributed by atoms with Crippen molar-refractivity contribution in [1.82, 2.24) is 4.90 Å². The van der Waals surface area contributed by atoms with Gasteiger partial charge in [-0.05, 0) is 19.4 Å². The van der Waals surface area contributed by atoms with Gasteiger partial charge in [-0.2, -0.15) is 0 Å². The van der Waals surface area contributed by atoms with E-state index in [0.717, 1.165) is 6.42 Å². The lowest BCUT2D eigenvalue weighted by molar-refractivity contribution is -0.143. The van der Waals surface area contributed by atoms with E-state index in [-0.39, 0.29) is 17.6 Å². The number of hydrogen-bond acceptors (Lipinski definition) is 3. The van der Waals surface area contributed by atoms with Crippen LogP contribution in [0.2, 0.25) is 0 Å². The molecule has 2 rings (SSSR count). The highest BCUT2D eigenvalue weighted by atomic mass is 16.4. The second-order valence-corrected chi connectivity index (χ2v) is 4.00. The third-order valence-corrected chi connectivity index (χ3v) is 3.27. The zero-order chi connectivity index (χ0) is 9.59. The Balaban J connectivity index is 2.22. The van der Waals surface area contributed by atoms with Gasteiger partial charge in [0.2, 0.25) is 0 Å². The van der Waals surface area contributed by atoms with Gasteiger partial charge in [-0.15, -0.1) is 0 Å². The van der Waals surface area contributed by atoms with Gasteiger partial charge in [-0.1, -0.05) is 0 Å². The van der Waals surface area contributed by atoms with Gasteiger partial charge in [0.25, 0.3) is 0 Å². The minimum atomic E-state index is -0.787. The van der Waals surface area contributed by atoms with E-state index < -0.39 is 12.0 Å². The van der Waals surface area contributed by atoms with Crippen molar-refractivity contribution < 1.29 is 14.7 Å². The number of carbonyl (C=O) groups excluding carboxylic acids is 1. The molecule has 0 aromatic carbocycles. The van der Waals surface area contributed by atoms with Crippen LogP contribution in [0.25, 0.3) is 0 Å². The van der Waals surface area contributed by atoms with Gasteiger partial charge in [0, 0.05) is 18.9 Å². The van der Waals surface area contributed by atoms with Crippen LogP contribution in [0.15, 0.2) is 0 Å². The number of nitrogens with zero attached hydrogens (tertiary/aromatic N) is 1. The Kier molecular flexibility index (Phi) is 1.87. The van der Waals surface area contributed by atoms with Crippen LogP contribution in [0.4, 0.5) is 0 Å². The summed E-state index contributed by atoms with van der Waals surface area (Å²) in [5.74, 6) is -0.480. The molecule has 2 aliphatic rings. The first-order valence-electron chi connectivity index (χ1n) is 4.57. The molecule has 3 atom stereocenters. The molecule has 0 aromatic rings. The first kappa shape index (κ1) is 8.69. The Labute approximate surface area is 76.5 Å².